The lowest BCUT2D eigenvalue weighted by atomic mass is 10.2. The molecule has 2 aromatic heterocycles. The Balaban J connectivity index is 2.38. The Morgan fingerprint density at radius 3 is 2.82 bits per heavy atom. The number of nitrogens with zero attached hydrogens (tertiary/aromatic N) is 3. The van der Waals surface area contributed by atoms with Gasteiger partial charge in [0.05, 0.1) is 11.3 Å². The predicted molar refractivity (Wildman–Crippen MR) is 62.4 cm³/mol. The van der Waals surface area contributed by atoms with Crippen molar-refractivity contribution in [2.75, 3.05) is 5.73 Å². The highest BCUT2D eigenvalue weighted by atomic mass is 16.5. The maximum atomic E-state index is 8.84. The number of aromatic nitrogens is 2. The van der Waals surface area contributed by atoms with Crippen LogP contribution >= 0.6 is 0 Å². The zero-order chi connectivity index (χ0) is 12.3. The molecule has 0 saturated carbocycles. The average Bonchev–Trinajstić information content (AvgIpc) is 2.34. The van der Waals surface area contributed by atoms with Crippen LogP contribution in [0.1, 0.15) is 11.3 Å². The van der Waals surface area contributed by atoms with Crippen LogP contribution in [0.4, 0.5) is 5.69 Å². The smallest absolute Gasteiger partial charge is 0.244 e. The minimum atomic E-state index is 0.222. The van der Waals surface area contributed by atoms with Crippen LogP contribution in [-0.4, -0.2) is 9.97 Å². The minimum Gasteiger partial charge on any atom is -0.435 e. The van der Waals surface area contributed by atoms with Crippen LogP contribution in [0, 0.1) is 18.3 Å². The quantitative estimate of drug-likeness (QED) is 0.846. The van der Waals surface area contributed by atoms with E-state index in [0.717, 1.165) is 5.69 Å². The first kappa shape index (κ1) is 10.9. The number of anilines is 1. The Bertz CT molecular complexity index is 589. The molecule has 0 aliphatic rings. The van der Waals surface area contributed by atoms with Gasteiger partial charge in [0.15, 0.2) is 5.75 Å². The molecule has 84 valence electrons. The molecule has 0 saturated heterocycles. The third-order valence-electron chi connectivity index (χ3n) is 2.24. The van der Waals surface area contributed by atoms with Crippen LogP contribution in [0.25, 0.3) is 0 Å². The van der Waals surface area contributed by atoms with Crippen LogP contribution in [0.3, 0.4) is 0 Å². The first-order valence-electron chi connectivity index (χ1n) is 4.96. The number of hydrogen-bond donors (Lipinski definition) is 1. The SMILES string of the molecule is Cc1ncccc1Oc1nccc(C#N)c1N. The Morgan fingerprint density at radius 2 is 2.12 bits per heavy atom. The molecule has 2 rings (SSSR count). The fourth-order valence-electron chi connectivity index (χ4n) is 1.31. The zero-order valence-electron chi connectivity index (χ0n) is 9.21. The maximum Gasteiger partial charge on any atom is 0.244 e. The molecule has 0 radical (unpaired) electrons. The van der Waals surface area contributed by atoms with E-state index in [1.54, 1.807) is 18.3 Å². The second-order valence-corrected chi connectivity index (χ2v) is 3.38. The molecule has 0 aliphatic heterocycles. The third-order valence-corrected chi connectivity index (χ3v) is 2.24. The van der Waals surface area contributed by atoms with Gasteiger partial charge in [0, 0.05) is 12.4 Å². The van der Waals surface area contributed by atoms with Crippen LogP contribution in [0.2, 0.25) is 0 Å². The minimum absolute atomic E-state index is 0.222. The number of nitrogens with two attached hydrogens (primary N) is 1. The van der Waals surface area contributed by atoms with Gasteiger partial charge in [0.2, 0.25) is 5.88 Å². The van der Waals surface area contributed by atoms with E-state index in [2.05, 4.69) is 9.97 Å². The summed E-state index contributed by atoms with van der Waals surface area (Å²) in [5.41, 5.74) is 7.07. The van der Waals surface area contributed by atoms with Gasteiger partial charge in [-0.3, -0.25) is 4.98 Å². The summed E-state index contributed by atoms with van der Waals surface area (Å²) in [5.74, 6) is 0.793. The second-order valence-electron chi connectivity index (χ2n) is 3.38. The van der Waals surface area contributed by atoms with Gasteiger partial charge >= 0.3 is 0 Å². The van der Waals surface area contributed by atoms with Crippen LogP contribution in [-0.2, 0) is 0 Å². The maximum absolute atomic E-state index is 8.84. The van der Waals surface area contributed by atoms with E-state index in [0.29, 0.717) is 11.3 Å². The van der Waals surface area contributed by atoms with Gasteiger partial charge in [-0.1, -0.05) is 0 Å². The highest BCUT2D eigenvalue weighted by Crippen LogP contribution is 2.28. The molecule has 0 fully saturated rings. The van der Waals surface area contributed by atoms with Gasteiger partial charge in [0.25, 0.3) is 0 Å². The van der Waals surface area contributed by atoms with Gasteiger partial charge in [-0.15, -0.1) is 0 Å². The topological polar surface area (TPSA) is 84.8 Å². The zero-order valence-corrected chi connectivity index (χ0v) is 9.21. The molecule has 2 heterocycles. The van der Waals surface area contributed by atoms with Crippen LogP contribution in [0.5, 0.6) is 11.6 Å². The monoisotopic (exact) mass is 226 g/mol. The van der Waals surface area contributed by atoms with E-state index in [1.807, 2.05) is 13.0 Å². The largest absolute Gasteiger partial charge is 0.435 e. The van der Waals surface area contributed by atoms with Crippen molar-refractivity contribution in [1.82, 2.24) is 9.97 Å². The van der Waals surface area contributed by atoms with Gasteiger partial charge in [-0.2, -0.15) is 5.26 Å². The summed E-state index contributed by atoms with van der Waals surface area (Å²) in [7, 11) is 0. The standard InChI is InChI=1S/C12H10N4O/c1-8-10(3-2-5-15-8)17-12-11(14)9(7-13)4-6-16-12/h2-6H,14H2,1H3. The number of ether oxygens (including phenoxy) is 1. The van der Waals surface area contributed by atoms with Crippen molar-refractivity contribution in [2.24, 2.45) is 0 Å². The lowest BCUT2D eigenvalue weighted by molar-refractivity contribution is 0.459. The first-order chi connectivity index (χ1) is 8.22. The van der Waals surface area contributed by atoms with E-state index in [9.17, 15) is 0 Å². The number of rotatable bonds is 2. The Kier molecular flexibility index (Phi) is 2.88. The Labute approximate surface area is 98.5 Å². The summed E-state index contributed by atoms with van der Waals surface area (Å²) >= 11 is 0. The van der Waals surface area contributed by atoms with E-state index in [4.69, 9.17) is 15.7 Å². The molecular formula is C12H10N4O. The molecule has 0 aromatic carbocycles. The fraction of sp³-hybridized carbons (Fsp3) is 0.0833. The summed E-state index contributed by atoms with van der Waals surface area (Å²) in [4.78, 5) is 8.09. The normalized spacial score (nSPS) is 9.65. The highest BCUT2D eigenvalue weighted by Gasteiger charge is 2.09. The van der Waals surface area contributed by atoms with Gasteiger partial charge < -0.3 is 10.5 Å². The predicted octanol–water partition coefficient (Wildman–Crippen LogP) is 2.03. The summed E-state index contributed by atoms with van der Waals surface area (Å²) in [5, 5.41) is 8.84. The summed E-state index contributed by atoms with van der Waals surface area (Å²) in [6, 6.07) is 7.04. The van der Waals surface area contributed by atoms with Crippen molar-refractivity contribution in [3.05, 3.63) is 41.9 Å². The lowest BCUT2D eigenvalue weighted by Gasteiger charge is -2.09. The third kappa shape index (κ3) is 2.16. The number of nitriles is 1. The van der Waals surface area contributed by atoms with E-state index < -0.39 is 0 Å². The fourth-order valence-corrected chi connectivity index (χ4v) is 1.31. The molecule has 0 atom stereocenters. The van der Waals surface area contributed by atoms with Crippen molar-refractivity contribution in [2.45, 2.75) is 6.92 Å². The van der Waals surface area contributed by atoms with Gasteiger partial charge in [-0.05, 0) is 25.1 Å². The molecular weight excluding hydrogens is 216 g/mol. The van der Waals surface area contributed by atoms with Gasteiger partial charge in [0.1, 0.15) is 11.8 Å². The van der Waals surface area contributed by atoms with E-state index in [-0.39, 0.29) is 11.6 Å². The van der Waals surface area contributed by atoms with Crippen molar-refractivity contribution in [3.63, 3.8) is 0 Å². The molecule has 5 nitrogen and oxygen atoms in total. The average molecular weight is 226 g/mol. The summed E-state index contributed by atoms with van der Waals surface area (Å²) in [6.07, 6.45) is 3.15. The number of nitrogen functional groups attached to an aromatic ring is 1. The molecule has 2 N–H and O–H groups in total. The van der Waals surface area contributed by atoms with Gasteiger partial charge in [-0.25, -0.2) is 4.98 Å². The summed E-state index contributed by atoms with van der Waals surface area (Å²) in [6.45, 7) is 1.82. The number of pyridine rings is 2. The summed E-state index contributed by atoms with van der Waals surface area (Å²) < 4.78 is 5.53. The Hall–Kier alpha value is -2.61. The molecule has 0 spiro atoms. The van der Waals surface area contributed by atoms with E-state index >= 15 is 0 Å². The Morgan fingerprint density at radius 1 is 1.29 bits per heavy atom. The van der Waals surface area contributed by atoms with E-state index in [1.165, 1.54) is 12.3 Å². The van der Waals surface area contributed by atoms with Crippen molar-refractivity contribution in [1.29, 1.82) is 5.26 Å². The number of aryl methyl sites for hydroxylation is 1. The van der Waals surface area contributed by atoms with Crippen LogP contribution in [0.15, 0.2) is 30.6 Å². The molecule has 0 amide bonds. The molecule has 5 heteroatoms. The lowest BCUT2D eigenvalue weighted by Crippen LogP contribution is -1.99. The molecule has 2 aromatic rings. The molecule has 0 bridgehead atoms. The van der Waals surface area contributed by atoms with Crippen molar-refractivity contribution >= 4 is 5.69 Å². The highest BCUT2D eigenvalue weighted by molar-refractivity contribution is 5.60. The van der Waals surface area contributed by atoms with Crippen molar-refractivity contribution < 1.29 is 4.74 Å². The van der Waals surface area contributed by atoms with Crippen molar-refractivity contribution in [3.8, 4) is 17.7 Å². The molecule has 0 aliphatic carbocycles. The number of hydrogen-bond acceptors (Lipinski definition) is 5. The molecule has 17 heavy (non-hydrogen) atoms. The second kappa shape index (κ2) is 4.49. The first-order valence-corrected chi connectivity index (χ1v) is 4.96. The molecule has 0 unspecified atom stereocenters. The van der Waals surface area contributed by atoms with Crippen LogP contribution < -0.4 is 10.5 Å².